The monoisotopic (exact) mass is 451 g/mol. The van der Waals surface area contributed by atoms with Crippen LogP contribution in [0.2, 0.25) is 0 Å². The van der Waals surface area contributed by atoms with Crippen molar-refractivity contribution in [1.29, 1.82) is 0 Å². The zero-order valence-electron chi connectivity index (χ0n) is 18.6. The van der Waals surface area contributed by atoms with Gasteiger partial charge in [0.25, 0.3) is 0 Å². The average Bonchev–Trinajstić information content (AvgIpc) is 3.50. The minimum absolute atomic E-state index is 0.356. The molecule has 0 N–H and O–H groups in total. The van der Waals surface area contributed by atoms with Gasteiger partial charge in [-0.05, 0) is 66.9 Å². The Balaban J connectivity index is 1.25. The zero-order valence-corrected chi connectivity index (χ0v) is 19.4. The van der Waals surface area contributed by atoms with Gasteiger partial charge in [0.05, 0.1) is 35.6 Å². The van der Waals surface area contributed by atoms with Gasteiger partial charge in [-0.25, -0.2) is 13.1 Å². The maximum Gasteiger partial charge on any atom is 0.150 e. The lowest BCUT2D eigenvalue weighted by molar-refractivity contribution is 0.217. The number of rotatable bonds is 3. The Kier molecular flexibility index (Phi) is 4.59. The van der Waals surface area contributed by atoms with Crippen molar-refractivity contribution in [3.63, 3.8) is 0 Å². The number of benzene rings is 1. The molecule has 2 atom stereocenters. The third-order valence-electron chi connectivity index (χ3n) is 7.65. The number of hydrogen-bond acceptors (Lipinski definition) is 5. The molecule has 168 valence electrons. The Morgan fingerprint density at radius 1 is 1.06 bits per heavy atom. The summed E-state index contributed by atoms with van der Waals surface area (Å²) in [4.78, 5) is 2.56. The van der Waals surface area contributed by atoms with Gasteiger partial charge < -0.3 is 0 Å². The van der Waals surface area contributed by atoms with Crippen molar-refractivity contribution in [3.05, 3.63) is 47.9 Å². The van der Waals surface area contributed by atoms with E-state index in [-0.39, 0.29) is 0 Å². The molecule has 8 heteroatoms. The highest BCUT2D eigenvalue weighted by molar-refractivity contribution is 7.91. The van der Waals surface area contributed by atoms with Crippen LogP contribution in [0.15, 0.2) is 36.8 Å². The van der Waals surface area contributed by atoms with E-state index in [0.29, 0.717) is 29.4 Å². The van der Waals surface area contributed by atoms with E-state index < -0.39 is 9.84 Å². The first-order chi connectivity index (χ1) is 15.4. The molecule has 2 saturated heterocycles. The number of sulfone groups is 1. The summed E-state index contributed by atoms with van der Waals surface area (Å²) in [5.41, 5.74) is 6.15. The first-order valence-corrected chi connectivity index (χ1v) is 13.3. The maximum absolute atomic E-state index is 11.8. The summed E-state index contributed by atoms with van der Waals surface area (Å²) in [6.45, 7) is 4.35. The van der Waals surface area contributed by atoms with E-state index in [9.17, 15) is 8.42 Å². The molecule has 2 aromatic heterocycles. The van der Waals surface area contributed by atoms with E-state index in [4.69, 9.17) is 0 Å². The van der Waals surface area contributed by atoms with Gasteiger partial charge in [-0.15, -0.1) is 0 Å². The van der Waals surface area contributed by atoms with E-state index in [1.165, 1.54) is 16.7 Å². The van der Waals surface area contributed by atoms with Gasteiger partial charge in [-0.3, -0.25) is 9.58 Å². The third kappa shape index (κ3) is 3.40. The number of nitrogens with zero attached hydrogens (tertiary/aromatic N) is 5. The van der Waals surface area contributed by atoms with E-state index in [0.717, 1.165) is 48.9 Å². The quantitative estimate of drug-likeness (QED) is 0.612. The van der Waals surface area contributed by atoms with Crippen LogP contribution >= 0.6 is 0 Å². The minimum atomic E-state index is -2.80. The van der Waals surface area contributed by atoms with E-state index in [1.54, 1.807) is 4.68 Å². The Hall–Kier alpha value is -2.45. The van der Waals surface area contributed by atoms with Crippen LogP contribution in [0.1, 0.15) is 30.4 Å². The van der Waals surface area contributed by atoms with E-state index in [2.05, 4.69) is 40.2 Å². The summed E-state index contributed by atoms with van der Waals surface area (Å²) in [6.07, 6.45) is 10.9. The summed E-state index contributed by atoms with van der Waals surface area (Å²) < 4.78 is 27.3. The molecule has 0 radical (unpaired) electrons. The number of aromatic nitrogens is 4. The fourth-order valence-corrected chi connectivity index (χ4v) is 7.41. The van der Waals surface area contributed by atoms with Crippen molar-refractivity contribution in [2.75, 3.05) is 24.6 Å². The molecule has 32 heavy (non-hydrogen) atoms. The van der Waals surface area contributed by atoms with Gasteiger partial charge in [-0.1, -0.05) is 6.08 Å². The Morgan fingerprint density at radius 3 is 2.59 bits per heavy atom. The van der Waals surface area contributed by atoms with Gasteiger partial charge in [0.2, 0.25) is 0 Å². The predicted molar refractivity (Wildman–Crippen MR) is 125 cm³/mol. The molecule has 2 fully saturated rings. The van der Waals surface area contributed by atoms with Gasteiger partial charge in [0.1, 0.15) is 15.5 Å². The van der Waals surface area contributed by atoms with Crippen LogP contribution in [0.4, 0.5) is 0 Å². The molecule has 1 aromatic carbocycles. The second-order valence-electron chi connectivity index (χ2n) is 9.81. The fourth-order valence-electron chi connectivity index (χ4n) is 5.94. The molecule has 1 aliphatic carbocycles. The lowest BCUT2D eigenvalue weighted by Gasteiger charge is -2.31. The molecular formula is C24H29N5O2S. The highest BCUT2D eigenvalue weighted by Crippen LogP contribution is 2.43. The lowest BCUT2D eigenvalue weighted by atomic mass is 9.95. The van der Waals surface area contributed by atoms with Crippen LogP contribution in [0.5, 0.6) is 0 Å². The molecule has 0 spiro atoms. The predicted octanol–water partition coefficient (Wildman–Crippen LogP) is 2.98. The highest BCUT2D eigenvalue weighted by atomic mass is 32.2. The van der Waals surface area contributed by atoms with Crippen LogP contribution in [-0.4, -0.2) is 63.5 Å². The smallest absolute Gasteiger partial charge is 0.150 e. The van der Waals surface area contributed by atoms with Crippen molar-refractivity contribution in [2.24, 2.45) is 18.9 Å². The standard InChI is InChI=1S/C24H29N5O2S/c1-16-7-18-11-26-29(22-12-25-27(2)15-22)24(18)10-23(16)17-8-19-13-28(14-20(19)9-17)21-3-5-32(30,31)6-4-21/h7-8,10-12,15,19-21H,3-6,9,13-14H2,1-2H3/t19-,20?/m1/s1. The summed E-state index contributed by atoms with van der Waals surface area (Å²) in [7, 11) is -0.881. The first-order valence-electron chi connectivity index (χ1n) is 11.5. The van der Waals surface area contributed by atoms with Crippen molar-refractivity contribution in [3.8, 4) is 5.69 Å². The van der Waals surface area contributed by atoms with Crippen molar-refractivity contribution >= 4 is 26.3 Å². The van der Waals surface area contributed by atoms with Crippen LogP contribution in [-0.2, 0) is 16.9 Å². The van der Waals surface area contributed by atoms with Gasteiger partial charge in [0.15, 0.2) is 0 Å². The van der Waals surface area contributed by atoms with Gasteiger partial charge in [0, 0.05) is 31.6 Å². The van der Waals surface area contributed by atoms with Crippen molar-refractivity contribution in [2.45, 2.75) is 32.2 Å². The Labute approximate surface area is 188 Å². The molecule has 1 unspecified atom stereocenters. The van der Waals surface area contributed by atoms with Crippen LogP contribution in [0.25, 0.3) is 22.2 Å². The third-order valence-corrected chi connectivity index (χ3v) is 9.37. The molecule has 0 bridgehead atoms. The topological polar surface area (TPSA) is 73.0 Å². The first kappa shape index (κ1) is 20.2. The molecular weight excluding hydrogens is 422 g/mol. The number of hydrogen-bond donors (Lipinski definition) is 0. The minimum Gasteiger partial charge on any atom is -0.299 e. The summed E-state index contributed by atoms with van der Waals surface area (Å²) in [6, 6.07) is 4.98. The zero-order chi connectivity index (χ0) is 22.0. The Bertz CT molecular complexity index is 1320. The van der Waals surface area contributed by atoms with Crippen LogP contribution in [0, 0.1) is 18.8 Å². The number of allylic oxidation sites excluding steroid dienone is 1. The van der Waals surface area contributed by atoms with Crippen LogP contribution < -0.4 is 0 Å². The van der Waals surface area contributed by atoms with Crippen LogP contribution in [0.3, 0.4) is 0 Å². The molecule has 2 aliphatic heterocycles. The SMILES string of the molecule is Cc1cc2cnn(-c3cnn(C)c3)c2cc1C1=C[C@@H]2CN(C3CCS(=O)(=O)CC3)CC2C1. The van der Waals surface area contributed by atoms with Crippen molar-refractivity contribution in [1.82, 2.24) is 24.5 Å². The molecule has 0 amide bonds. The average molecular weight is 452 g/mol. The summed E-state index contributed by atoms with van der Waals surface area (Å²) in [5.74, 6) is 1.92. The fraction of sp³-hybridized carbons (Fsp3) is 0.500. The molecule has 3 aliphatic rings. The van der Waals surface area contributed by atoms with Gasteiger partial charge >= 0.3 is 0 Å². The second kappa shape index (κ2) is 7.28. The Morgan fingerprint density at radius 2 is 1.88 bits per heavy atom. The lowest BCUT2D eigenvalue weighted by Crippen LogP contribution is -2.40. The van der Waals surface area contributed by atoms with Gasteiger partial charge in [-0.2, -0.15) is 10.2 Å². The van der Waals surface area contributed by atoms with E-state index >= 15 is 0 Å². The second-order valence-corrected chi connectivity index (χ2v) is 12.1. The maximum atomic E-state index is 11.8. The normalized spacial score (nSPS) is 26.0. The number of aryl methyl sites for hydroxylation is 2. The molecule has 6 rings (SSSR count). The summed E-state index contributed by atoms with van der Waals surface area (Å²) in [5, 5.41) is 10.1. The molecule has 7 nitrogen and oxygen atoms in total. The summed E-state index contributed by atoms with van der Waals surface area (Å²) >= 11 is 0. The molecule has 4 heterocycles. The largest absolute Gasteiger partial charge is 0.299 e. The number of fused-ring (bicyclic) bond motifs is 2. The van der Waals surface area contributed by atoms with E-state index in [1.807, 2.05) is 30.3 Å². The number of likely N-dealkylation sites (tertiary alicyclic amines) is 1. The highest BCUT2D eigenvalue weighted by Gasteiger charge is 2.40. The van der Waals surface area contributed by atoms with Crippen molar-refractivity contribution < 1.29 is 8.42 Å². The molecule has 3 aromatic rings. The molecule has 0 saturated carbocycles.